The van der Waals surface area contributed by atoms with Crippen molar-refractivity contribution in [1.82, 2.24) is 0 Å². The van der Waals surface area contributed by atoms with E-state index in [2.05, 4.69) is 26.1 Å². The van der Waals surface area contributed by atoms with E-state index in [-0.39, 0.29) is 17.1 Å². The summed E-state index contributed by atoms with van der Waals surface area (Å²) in [6.07, 6.45) is 4.55. The van der Waals surface area contributed by atoms with Crippen LogP contribution in [0.2, 0.25) is 0 Å². The Balaban J connectivity index is 1.93. The summed E-state index contributed by atoms with van der Waals surface area (Å²) >= 11 is 0. The first-order valence-corrected chi connectivity index (χ1v) is 11.9. The second kappa shape index (κ2) is 9.42. The number of ether oxygens (including phenoxy) is 1. The van der Waals surface area contributed by atoms with Crippen LogP contribution < -0.4 is 15.0 Å². The number of rotatable bonds is 6. The Kier molecular flexibility index (Phi) is 6.59. The van der Waals surface area contributed by atoms with Gasteiger partial charge < -0.3 is 10.1 Å². The van der Waals surface area contributed by atoms with Crippen LogP contribution in [0.25, 0.3) is 0 Å². The fourth-order valence-corrected chi connectivity index (χ4v) is 5.04. The summed E-state index contributed by atoms with van der Waals surface area (Å²) in [4.78, 5) is 29.3. The number of methoxy groups -OCH3 is 1. The summed E-state index contributed by atoms with van der Waals surface area (Å²) in [6, 6.07) is 15.1. The molecule has 0 radical (unpaired) electrons. The van der Waals surface area contributed by atoms with Gasteiger partial charge in [0, 0.05) is 24.1 Å². The van der Waals surface area contributed by atoms with Gasteiger partial charge in [0.05, 0.1) is 24.5 Å². The number of anilines is 2. The van der Waals surface area contributed by atoms with Crippen molar-refractivity contribution in [3.8, 4) is 5.75 Å². The molecule has 1 N–H and O–H groups in total. The van der Waals surface area contributed by atoms with Gasteiger partial charge in [-0.15, -0.1) is 0 Å². The van der Waals surface area contributed by atoms with E-state index in [1.807, 2.05) is 53.4 Å². The van der Waals surface area contributed by atoms with Gasteiger partial charge in [0.25, 0.3) is 0 Å². The minimum absolute atomic E-state index is 0.0388. The third kappa shape index (κ3) is 4.68. The molecule has 0 fully saturated rings. The number of ketones is 1. The summed E-state index contributed by atoms with van der Waals surface area (Å²) in [5.41, 5.74) is 4.04. The second-order valence-electron chi connectivity index (χ2n) is 9.88. The van der Waals surface area contributed by atoms with E-state index >= 15 is 0 Å². The predicted octanol–water partition coefficient (Wildman–Crippen LogP) is 6.42. The van der Waals surface area contributed by atoms with Crippen LogP contribution in [-0.4, -0.2) is 18.8 Å². The second-order valence-corrected chi connectivity index (χ2v) is 9.88. The summed E-state index contributed by atoms with van der Waals surface area (Å²) in [5.74, 6) is 0.847. The molecule has 0 unspecified atom stereocenters. The molecule has 5 nitrogen and oxygen atoms in total. The minimum Gasteiger partial charge on any atom is -0.497 e. The largest absolute Gasteiger partial charge is 0.497 e. The zero-order chi connectivity index (χ0) is 23.6. The van der Waals surface area contributed by atoms with E-state index in [9.17, 15) is 9.59 Å². The lowest BCUT2D eigenvalue weighted by atomic mass is 9.73. The number of amides is 1. The van der Waals surface area contributed by atoms with Crippen LogP contribution >= 0.6 is 0 Å². The van der Waals surface area contributed by atoms with Gasteiger partial charge in [0.15, 0.2) is 5.78 Å². The standard InChI is InChI=1S/C28H34N2O3/c1-5-6-7-15-25(32)30-23-14-9-8-13-21(23)29-22-17-28(2,3)18-24(31)26(22)27(30)19-11-10-12-20(16-19)33-4/h8-14,16,27,29H,5-7,15,17-18H2,1-4H3/t27-/m1/s1. The normalized spacial score (nSPS) is 19.3. The van der Waals surface area contributed by atoms with Crippen LogP contribution in [0.5, 0.6) is 5.75 Å². The van der Waals surface area contributed by atoms with Gasteiger partial charge in [-0.05, 0) is 48.1 Å². The van der Waals surface area contributed by atoms with Crippen LogP contribution in [-0.2, 0) is 9.59 Å². The summed E-state index contributed by atoms with van der Waals surface area (Å²) in [5, 5.41) is 3.56. The number of benzene rings is 2. The first-order chi connectivity index (χ1) is 15.8. The minimum atomic E-state index is -0.496. The monoisotopic (exact) mass is 446 g/mol. The van der Waals surface area contributed by atoms with Gasteiger partial charge in [-0.25, -0.2) is 0 Å². The number of nitrogens with one attached hydrogen (secondary N) is 1. The van der Waals surface area contributed by atoms with Gasteiger partial charge in [-0.1, -0.05) is 57.9 Å². The van der Waals surface area contributed by atoms with Gasteiger partial charge >= 0.3 is 0 Å². The Morgan fingerprint density at radius 1 is 1.12 bits per heavy atom. The van der Waals surface area contributed by atoms with E-state index in [0.29, 0.717) is 24.2 Å². The average Bonchev–Trinajstić information content (AvgIpc) is 2.92. The summed E-state index contributed by atoms with van der Waals surface area (Å²) in [6.45, 7) is 6.39. The highest BCUT2D eigenvalue weighted by Gasteiger charge is 2.43. The van der Waals surface area contributed by atoms with Crippen molar-refractivity contribution < 1.29 is 14.3 Å². The molecular formula is C28H34N2O3. The van der Waals surface area contributed by atoms with Gasteiger partial charge in [-0.3, -0.25) is 14.5 Å². The number of allylic oxidation sites excluding steroid dienone is 1. The summed E-state index contributed by atoms with van der Waals surface area (Å²) in [7, 11) is 1.63. The van der Waals surface area contributed by atoms with Crippen molar-refractivity contribution in [3.05, 3.63) is 65.4 Å². The molecule has 4 rings (SSSR count). The van der Waals surface area contributed by atoms with Crippen LogP contribution in [0.15, 0.2) is 59.8 Å². The maximum absolute atomic E-state index is 13.8. The number of para-hydroxylation sites is 2. The number of nitrogens with zero attached hydrogens (tertiary/aromatic N) is 1. The Morgan fingerprint density at radius 2 is 1.91 bits per heavy atom. The fraction of sp³-hybridized carbons (Fsp3) is 0.429. The smallest absolute Gasteiger partial charge is 0.227 e. The van der Waals surface area contributed by atoms with Gasteiger partial charge in [0.1, 0.15) is 5.75 Å². The number of fused-ring (bicyclic) bond motifs is 1. The van der Waals surface area contributed by atoms with Gasteiger partial charge in [0.2, 0.25) is 5.91 Å². The zero-order valence-corrected chi connectivity index (χ0v) is 20.1. The third-order valence-electron chi connectivity index (χ3n) is 6.57. The van der Waals surface area contributed by atoms with E-state index in [1.54, 1.807) is 7.11 Å². The van der Waals surface area contributed by atoms with E-state index in [4.69, 9.17) is 4.74 Å². The molecule has 0 bridgehead atoms. The number of carbonyl (C=O) groups excluding carboxylic acids is 2. The highest BCUT2D eigenvalue weighted by Crippen LogP contribution is 2.48. The van der Waals surface area contributed by atoms with Crippen molar-refractivity contribution in [1.29, 1.82) is 0 Å². The molecule has 1 atom stereocenters. The number of unbranched alkanes of at least 4 members (excludes halogenated alkanes) is 2. The first kappa shape index (κ1) is 23.1. The fourth-order valence-electron chi connectivity index (χ4n) is 5.04. The molecule has 1 amide bonds. The van der Waals surface area contributed by atoms with Gasteiger partial charge in [-0.2, -0.15) is 0 Å². The molecule has 0 saturated carbocycles. The molecule has 0 aromatic heterocycles. The Labute approximate surface area is 196 Å². The van der Waals surface area contributed by atoms with Crippen molar-refractivity contribution in [2.45, 2.75) is 65.3 Å². The lowest BCUT2D eigenvalue weighted by molar-refractivity contribution is -0.119. The molecule has 2 aliphatic rings. The first-order valence-electron chi connectivity index (χ1n) is 11.9. The summed E-state index contributed by atoms with van der Waals surface area (Å²) < 4.78 is 5.50. The quantitative estimate of drug-likeness (QED) is 0.520. The van der Waals surface area contributed by atoms with Crippen LogP contribution in [0.4, 0.5) is 11.4 Å². The molecular weight excluding hydrogens is 412 g/mol. The van der Waals surface area contributed by atoms with Crippen molar-refractivity contribution in [2.75, 3.05) is 17.3 Å². The molecule has 5 heteroatoms. The SMILES string of the molecule is CCCCCC(=O)N1c2ccccc2NC2=C(C(=O)CC(C)(C)C2)[C@H]1c1cccc(OC)c1. The van der Waals surface area contributed by atoms with Crippen molar-refractivity contribution in [3.63, 3.8) is 0 Å². The molecule has 2 aromatic rings. The maximum Gasteiger partial charge on any atom is 0.227 e. The maximum atomic E-state index is 13.8. The molecule has 0 spiro atoms. The van der Waals surface area contributed by atoms with Crippen LogP contribution in [0, 0.1) is 5.41 Å². The number of hydrogen-bond donors (Lipinski definition) is 1. The van der Waals surface area contributed by atoms with E-state index in [1.165, 1.54) is 0 Å². The molecule has 1 heterocycles. The Hall–Kier alpha value is -3.08. The lowest BCUT2D eigenvalue weighted by Crippen LogP contribution is -2.39. The topological polar surface area (TPSA) is 58.6 Å². The molecule has 2 aromatic carbocycles. The van der Waals surface area contributed by atoms with Crippen molar-refractivity contribution >= 4 is 23.1 Å². The molecule has 1 aliphatic heterocycles. The molecule has 174 valence electrons. The predicted molar refractivity (Wildman–Crippen MR) is 132 cm³/mol. The highest BCUT2D eigenvalue weighted by molar-refractivity contribution is 6.06. The molecule has 1 aliphatic carbocycles. The van der Waals surface area contributed by atoms with Crippen molar-refractivity contribution in [2.24, 2.45) is 5.41 Å². The van der Waals surface area contributed by atoms with E-state index < -0.39 is 6.04 Å². The lowest BCUT2D eigenvalue weighted by Gasteiger charge is -2.37. The third-order valence-corrected chi connectivity index (χ3v) is 6.57. The zero-order valence-electron chi connectivity index (χ0n) is 20.1. The Morgan fingerprint density at radius 3 is 2.67 bits per heavy atom. The number of carbonyl (C=O) groups is 2. The number of Topliss-reactive ketones (excluding diaryl/α,β-unsaturated/α-hetero) is 1. The van der Waals surface area contributed by atoms with Crippen LogP contribution in [0.1, 0.15) is 70.9 Å². The molecule has 33 heavy (non-hydrogen) atoms. The van der Waals surface area contributed by atoms with E-state index in [0.717, 1.165) is 48.3 Å². The number of hydrogen-bond acceptors (Lipinski definition) is 4. The highest BCUT2D eigenvalue weighted by atomic mass is 16.5. The Bertz CT molecular complexity index is 1090. The van der Waals surface area contributed by atoms with Crippen LogP contribution in [0.3, 0.4) is 0 Å². The molecule has 0 saturated heterocycles. The average molecular weight is 447 g/mol.